The van der Waals surface area contributed by atoms with Crippen LogP contribution in [0.3, 0.4) is 0 Å². The van der Waals surface area contributed by atoms with Crippen LogP contribution in [0.15, 0.2) is 109 Å². The largest absolute Gasteiger partial charge is 0.489 e. The summed E-state index contributed by atoms with van der Waals surface area (Å²) >= 11 is 0. The molecule has 63 heavy (non-hydrogen) atoms. The molecule has 1 saturated heterocycles. The second-order valence-corrected chi connectivity index (χ2v) is 18.3. The van der Waals surface area contributed by atoms with Crippen molar-refractivity contribution < 1.29 is 36.3 Å². The van der Waals surface area contributed by atoms with Gasteiger partial charge in [0.25, 0.3) is 0 Å². The van der Waals surface area contributed by atoms with Gasteiger partial charge in [0.1, 0.15) is 23.6 Å². The molecule has 2 atom stereocenters. The lowest BCUT2D eigenvalue weighted by Gasteiger charge is -2.37. The van der Waals surface area contributed by atoms with Gasteiger partial charge in [-0.25, -0.2) is 4.68 Å². The number of ether oxygens (including phenoxy) is 4. The first-order valence-electron chi connectivity index (χ1n) is 21.8. The molecule has 0 saturated carbocycles. The molecular weight excluding hydrogens is 817 g/mol. The number of fused-ring (bicyclic) bond motifs is 2. The van der Waals surface area contributed by atoms with Crippen molar-refractivity contribution in [1.82, 2.24) is 19.3 Å². The minimum Gasteiger partial charge on any atom is -0.489 e. The molecule has 0 spiro atoms. The lowest BCUT2D eigenvalue weighted by Crippen LogP contribution is -2.39. The van der Waals surface area contributed by atoms with Gasteiger partial charge in [0.2, 0.25) is 0 Å². The molecule has 1 fully saturated rings. The predicted octanol–water partition coefficient (Wildman–Crippen LogP) is 9.32. The number of hydrogen-bond acceptors (Lipinski definition) is 10. The molecule has 12 nitrogen and oxygen atoms in total. The molecular formula is C50H56N4O8S. The molecule has 0 N–H and O–H groups in total. The van der Waals surface area contributed by atoms with Crippen molar-refractivity contribution in [2.45, 2.75) is 91.6 Å². The molecule has 3 heterocycles. The quantitative estimate of drug-likeness (QED) is 0.0646. The zero-order valence-corrected chi connectivity index (χ0v) is 37.3. The van der Waals surface area contributed by atoms with Gasteiger partial charge in [-0.3, -0.25) is 4.79 Å². The predicted molar refractivity (Wildman–Crippen MR) is 240 cm³/mol. The van der Waals surface area contributed by atoms with Gasteiger partial charge in [0.15, 0.2) is 0 Å². The fourth-order valence-electron chi connectivity index (χ4n) is 8.94. The van der Waals surface area contributed by atoms with Crippen LogP contribution in [-0.4, -0.2) is 60.1 Å². The van der Waals surface area contributed by atoms with E-state index in [9.17, 15) is 13.2 Å². The first kappa shape index (κ1) is 44.0. The highest BCUT2D eigenvalue weighted by molar-refractivity contribution is 7.84. The van der Waals surface area contributed by atoms with Crippen molar-refractivity contribution >= 4 is 27.3 Å². The van der Waals surface area contributed by atoms with E-state index in [1.54, 1.807) is 19.1 Å². The first-order valence-corrected chi connectivity index (χ1v) is 23.2. The molecule has 1 aromatic heterocycles. The number of aromatic nitrogens is 3. The molecule has 2 aliphatic rings. The van der Waals surface area contributed by atoms with Crippen molar-refractivity contribution in [1.29, 1.82) is 0 Å². The summed E-state index contributed by atoms with van der Waals surface area (Å²) in [6, 6.07) is 34.8. The smallest absolute Gasteiger partial charge is 0.386 e. The summed E-state index contributed by atoms with van der Waals surface area (Å²) in [4.78, 5) is 13.3. The number of aryl methyl sites for hydroxylation is 2. The van der Waals surface area contributed by atoms with Gasteiger partial charge in [-0.05, 0) is 116 Å². The Hall–Kier alpha value is -5.60. The summed E-state index contributed by atoms with van der Waals surface area (Å²) in [6.45, 7) is 11.7. The Morgan fingerprint density at radius 3 is 2.33 bits per heavy atom. The van der Waals surface area contributed by atoms with Gasteiger partial charge in [-0.15, -0.1) is 5.10 Å². The minimum atomic E-state index is -4.16. The second kappa shape index (κ2) is 19.4. The SMILES string of the molecule is CCOC(=O)CC(c1ccc(C)c([C@@H](C)N2Cc3cc(OCc4ccccc4)ccc3OS2(=O)=O)c1)c1ccc2c(nnn2CC2(CCOCc3ccccc3)CCOCC2)c1C. The van der Waals surface area contributed by atoms with E-state index in [0.29, 0.717) is 50.9 Å². The molecule has 0 amide bonds. The van der Waals surface area contributed by atoms with Gasteiger partial charge in [0, 0.05) is 44.4 Å². The highest BCUT2D eigenvalue weighted by atomic mass is 32.2. The van der Waals surface area contributed by atoms with Crippen LogP contribution in [0.4, 0.5) is 0 Å². The van der Waals surface area contributed by atoms with Crippen LogP contribution in [0.5, 0.6) is 11.5 Å². The molecule has 0 radical (unpaired) electrons. The van der Waals surface area contributed by atoms with Crippen molar-refractivity contribution in [3.63, 3.8) is 0 Å². The van der Waals surface area contributed by atoms with Gasteiger partial charge < -0.3 is 23.1 Å². The topological polar surface area (TPSA) is 131 Å². The highest BCUT2D eigenvalue weighted by Crippen LogP contribution is 2.41. The van der Waals surface area contributed by atoms with E-state index in [0.717, 1.165) is 69.2 Å². The minimum absolute atomic E-state index is 0.0586. The summed E-state index contributed by atoms with van der Waals surface area (Å²) < 4.78 is 60.1. The van der Waals surface area contributed by atoms with Crippen LogP contribution in [0.1, 0.15) is 96.0 Å². The zero-order valence-electron chi connectivity index (χ0n) is 36.5. The third kappa shape index (κ3) is 10.1. The number of benzene rings is 5. The van der Waals surface area contributed by atoms with Crippen LogP contribution in [-0.2, 0) is 55.6 Å². The van der Waals surface area contributed by atoms with Crippen LogP contribution in [0.2, 0.25) is 0 Å². The maximum atomic E-state index is 13.7. The van der Waals surface area contributed by atoms with Crippen molar-refractivity contribution in [3.8, 4) is 11.5 Å². The van der Waals surface area contributed by atoms with Gasteiger partial charge in [-0.2, -0.15) is 12.7 Å². The molecule has 13 heteroatoms. The summed E-state index contributed by atoms with van der Waals surface area (Å²) in [5, 5.41) is 9.44. The number of carbonyl (C=O) groups excluding carboxylic acids is 1. The third-order valence-electron chi connectivity index (χ3n) is 12.6. The zero-order chi connectivity index (χ0) is 44.0. The monoisotopic (exact) mass is 872 g/mol. The second-order valence-electron chi connectivity index (χ2n) is 16.8. The lowest BCUT2D eigenvalue weighted by atomic mass is 9.77. The number of nitrogens with zero attached hydrogens (tertiary/aromatic N) is 4. The molecule has 8 rings (SSSR count). The number of rotatable bonds is 17. The summed E-state index contributed by atoms with van der Waals surface area (Å²) in [5.74, 6) is 0.162. The van der Waals surface area contributed by atoms with E-state index in [2.05, 4.69) is 24.3 Å². The lowest BCUT2D eigenvalue weighted by molar-refractivity contribution is -0.143. The number of esters is 1. The average Bonchev–Trinajstić information content (AvgIpc) is 3.70. The first-order chi connectivity index (χ1) is 30.5. The standard InChI is InChI=1S/C50H56N4O8S/c1-5-60-48(55)30-45(43-19-20-46-49(36(43)3)51-52-53(46)34-50(22-25-58-26-23-50)24-27-59-32-38-12-8-6-9-13-38)40-17-16-35(2)44(29-40)37(4)54-31-41-28-42(18-21-47(41)62-63(54,56)57)61-33-39-14-10-7-11-15-39/h6-21,28-29,37,45H,5,22-27,30-34H2,1-4H3/t37-,45?/m1/s1. The molecule has 1 unspecified atom stereocenters. The Kier molecular flexibility index (Phi) is 13.6. The Morgan fingerprint density at radius 2 is 1.60 bits per heavy atom. The van der Waals surface area contributed by atoms with Crippen LogP contribution >= 0.6 is 0 Å². The Bertz CT molecular complexity index is 2630. The van der Waals surface area contributed by atoms with E-state index in [1.807, 2.05) is 98.2 Å². The van der Waals surface area contributed by atoms with E-state index >= 15 is 0 Å². The number of hydrogen-bond donors (Lipinski definition) is 0. The van der Waals surface area contributed by atoms with Crippen molar-refractivity contribution in [3.05, 3.63) is 154 Å². The van der Waals surface area contributed by atoms with Crippen molar-refractivity contribution in [2.75, 3.05) is 26.4 Å². The average molecular weight is 873 g/mol. The molecule has 5 aromatic carbocycles. The van der Waals surface area contributed by atoms with Gasteiger partial charge >= 0.3 is 16.3 Å². The Balaban J connectivity index is 1.05. The van der Waals surface area contributed by atoms with Crippen molar-refractivity contribution in [2.24, 2.45) is 5.41 Å². The molecule has 0 bridgehead atoms. The van der Waals surface area contributed by atoms with E-state index in [4.69, 9.17) is 33.4 Å². The van der Waals surface area contributed by atoms with E-state index in [-0.39, 0.29) is 36.7 Å². The fraction of sp³-hybridized carbons (Fsp3) is 0.380. The molecule has 2 aliphatic heterocycles. The van der Waals surface area contributed by atoms with Gasteiger partial charge in [-0.1, -0.05) is 90.1 Å². The van der Waals surface area contributed by atoms with Gasteiger partial charge in [0.05, 0.1) is 31.2 Å². The summed E-state index contributed by atoms with van der Waals surface area (Å²) in [7, 11) is -4.16. The Labute approximate surface area is 370 Å². The number of carbonyl (C=O) groups is 1. The highest BCUT2D eigenvalue weighted by Gasteiger charge is 2.38. The fourth-order valence-corrected chi connectivity index (χ4v) is 10.2. The molecule has 330 valence electrons. The molecule has 6 aromatic rings. The maximum Gasteiger partial charge on any atom is 0.386 e. The summed E-state index contributed by atoms with van der Waals surface area (Å²) in [5.41, 5.74) is 8.92. The van der Waals surface area contributed by atoms with Crippen LogP contribution in [0.25, 0.3) is 11.0 Å². The van der Waals surface area contributed by atoms with Crippen LogP contribution in [0, 0.1) is 19.3 Å². The van der Waals surface area contributed by atoms with Crippen LogP contribution < -0.4 is 8.92 Å². The summed E-state index contributed by atoms with van der Waals surface area (Å²) in [6.07, 6.45) is 2.76. The Morgan fingerprint density at radius 1 is 0.873 bits per heavy atom. The van der Waals surface area contributed by atoms with E-state index in [1.165, 1.54) is 4.31 Å². The molecule has 0 aliphatic carbocycles. The normalized spacial score (nSPS) is 16.8. The van der Waals surface area contributed by atoms with E-state index < -0.39 is 22.3 Å². The maximum absolute atomic E-state index is 13.7. The third-order valence-corrected chi connectivity index (χ3v) is 14.0.